The fraction of sp³-hybridized carbons (Fsp3) is 0.600. The number of hydrogen-bond acceptors (Lipinski definition) is 3. The molecule has 7 heteroatoms. The first-order valence-corrected chi connectivity index (χ1v) is 9.74. The maximum atomic E-state index is 12.4. The van der Waals surface area contributed by atoms with Gasteiger partial charge in [-0.3, -0.25) is 4.90 Å². The summed E-state index contributed by atoms with van der Waals surface area (Å²) in [5.41, 5.74) is 0. The molecule has 1 saturated heterocycles. The Morgan fingerprint density at radius 3 is 2.36 bits per heavy atom. The van der Waals surface area contributed by atoms with Crippen LogP contribution in [0.15, 0.2) is 23.1 Å². The molecule has 1 heterocycles. The quantitative estimate of drug-likeness (QED) is 0.841. The summed E-state index contributed by atoms with van der Waals surface area (Å²) in [5.74, 6) is 0.384. The van der Waals surface area contributed by atoms with Crippen molar-refractivity contribution >= 4 is 33.2 Å². The molecule has 1 aliphatic rings. The Morgan fingerprint density at radius 2 is 1.82 bits per heavy atom. The van der Waals surface area contributed by atoms with Crippen LogP contribution in [0, 0.1) is 5.92 Å². The van der Waals surface area contributed by atoms with Crippen molar-refractivity contribution in [2.75, 3.05) is 19.6 Å². The van der Waals surface area contributed by atoms with Crippen molar-refractivity contribution in [3.8, 4) is 0 Å². The average molecular weight is 365 g/mol. The van der Waals surface area contributed by atoms with E-state index < -0.39 is 10.0 Å². The summed E-state index contributed by atoms with van der Waals surface area (Å²) in [6, 6.07) is 4.56. The van der Waals surface area contributed by atoms with Gasteiger partial charge in [-0.1, -0.05) is 37.0 Å². The molecule has 1 aliphatic heterocycles. The van der Waals surface area contributed by atoms with Gasteiger partial charge in [0.05, 0.1) is 14.9 Å². The monoisotopic (exact) mass is 364 g/mol. The number of hydrogen-bond donors (Lipinski definition) is 1. The van der Waals surface area contributed by atoms with Gasteiger partial charge >= 0.3 is 0 Å². The van der Waals surface area contributed by atoms with Gasteiger partial charge in [0.2, 0.25) is 10.0 Å². The second-order valence-electron chi connectivity index (χ2n) is 5.98. The van der Waals surface area contributed by atoms with Crippen LogP contribution in [-0.4, -0.2) is 39.0 Å². The molecule has 0 spiro atoms. The second-order valence-corrected chi connectivity index (χ2v) is 8.56. The molecule has 4 nitrogen and oxygen atoms in total. The number of halogens is 2. The molecule has 22 heavy (non-hydrogen) atoms. The molecule has 1 fully saturated rings. The van der Waals surface area contributed by atoms with E-state index in [0.717, 1.165) is 13.1 Å². The van der Waals surface area contributed by atoms with E-state index in [1.165, 1.54) is 31.0 Å². The van der Waals surface area contributed by atoms with Crippen LogP contribution < -0.4 is 4.72 Å². The summed E-state index contributed by atoms with van der Waals surface area (Å²) in [4.78, 5) is 2.51. The molecule has 0 saturated carbocycles. The third-order valence-electron chi connectivity index (χ3n) is 4.06. The zero-order chi connectivity index (χ0) is 16.3. The van der Waals surface area contributed by atoms with Gasteiger partial charge in [0, 0.05) is 12.6 Å². The molecule has 1 aromatic carbocycles. The summed E-state index contributed by atoms with van der Waals surface area (Å²) in [7, 11) is -3.58. The lowest BCUT2D eigenvalue weighted by Crippen LogP contribution is -2.45. The third kappa shape index (κ3) is 4.36. The van der Waals surface area contributed by atoms with Crippen LogP contribution in [-0.2, 0) is 10.0 Å². The summed E-state index contributed by atoms with van der Waals surface area (Å²) in [6.07, 6.45) is 2.37. The van der Waals surface area contributed by atoms with Crippen molar-refractivity contribution in [3.05, 3.63) is 28.2 Å². The van der Waals surface area contributed by atoms with Gasteiger partial charge in [-0.2, -0.15) is 0 Å². The molecule has 124 valence electrons. The van der Waals surface area contributed by atoms with Gasteiger partial charge < -0.3 is 0 Å². The highest BCUT2D eigenvalue weighted by molar-refractivity contribution is 7.89. The standard InChI is InChI=1S/C15H22Cl2N2O2S/c1-11(2)15(19-7-3-4-8-19)10-18-22(20,21)12-5-6-13(16)14(17)9-12/h5-6,9,11,15,18H,3-4,7-8,10H2,1-2H3. The lowest BCUT2D eigenvalue weighted by Gasteiger charge is -2.30. The summed E-state index contributed by atoms with van der Waals surface area (Å²) < 4.78 is 27.5. The van der Waals surface area contributed by atoms with Crippen LogP contribution in [0.2, 0.25) is 10.0 Å². The van der Waals surface area contributed by atoms with Crippen molar-refractivity contribution in [2.45, 2.75) is 37.6 Å². The van der Waals surface area contributed by atoms with Crippen LogP contribution in [0.1, 0.15) is 26.7 Å². The maximum absolute atomic E-state index is 12.4. The Balaban J connectivity index is 2.08. The smallest absolute Gasteiger partial charge is 0.240 e. The van der Waals surface area contributed by atoms with E-state index in [1.807, 2.05) is 0 Å². The molecule has 0 bridgehead atoms. The molecule has 0 amide bonds. The number of nitrogens with zero attached hydrogens (tertiary/aromatic N) is 1. The summed E-state index contributed by atoms with van der Waals surface area (Å²) >= 11 is 11.7. The van der Waals surface area contributed by atoms with Crippen LogP contribution in [0.4, 0.5) is 0 Å². The molecular formula is C15H22Cl2N2O2S. The predicted octanol–water partition coefficient (Wildman–Crippen LogP) is 3.39. The Labute approximate surface area is 142 Å². The summed E-state index contributed by atoms with van der Waals surface area (Å²) in [6.45, 7) is 6.72. The van der Waals surface area contributed by atoms with Crippen molar-refractivity contribution in [2.24, 2.45) is 5.92 Å². The molecule has 0 aliphatic carbocycles. The molecule has 0 radical (unpaired) electrons. The molecular weight excluding hydrogens is 343 g/mol. The van der Waals surface area contributed by atoms with Gasteiger partial charge in [0.15, 0.2) is 0 Å². The number of likely N-dealkylation sites (tertiary alicyclic amines) is 1. The van der Waals surface area contributed by atoms with Crippen molar-refractivity contribution < 1.29 is 8.42 Å². The summed E-state index contributed by atoms with van der Waals surface area (Å²) in [5, 5.41) is 0.585. The Hall–Kier alpha value is -0.330. The zero-order valence-corrected chi connectivity index (χ0v) is 15.2. The molecule has 1 unspecified atom stereocenters. The molecule has 0 aromatic heterocycles. The topological polar surface area (TPSA) is 49.4 Å². The third-order valence-corrected chi connectivity index (χ3v) is 6.22. The normalized spacial score (nSPS) is 18.0. The predicted molar refractivity (Wildman–Crippen MR) is 91.1 cm³/mol. The number of rotatable bonds is 6. The molecule has 2 rings (SSSR count). The highest BCUT2D eigenvalue weighted by Gasteiger charge is 2.26. The lowest BCUT2D eigenvalue weighted by molar-refractivity contribution is 0.193. The van der Waals surface area contributed by atoms with Gasteiger partial charge in [-0.15, -0.1) is 0 Å². The lowest BCUT2D eigenvalue weighted by atomic mass is 10.0. The van der Waals surface area contributed by atoms with E-state index >= 15 is 0 Å². The largest absolute Gasteiger partial charge is 0.299 e. The second kappa shape index (κ2) is 7.49. The first kappa shape index (κ1) is 18.0. The maximum Gasteiger partial charge on any atom is 0.240 e. The Kier molecular flexibility index (Phi) is 6.14. The average Bonchev–Trinajstić information content (AvgIpc) is 2.95. The van der Waals surface area contributed by atoms with Crippen molar-refractivity contribution in [3.63, 3.8) is 0 Å². The number of nitrogens with one attached hydrogen (secondary N) is 1. The SMILES string of the molecule is CC(C)C(CNS(=O)(=O)c1ccc(Cl)c(Cl)c1)N1CCCC1. The van der Waals surface area contributed by atoms with E-state index in [0.29, 0.717) is 17.5 Å². The minimum atomic E-state index is -3.58. The molecule has 1 atom stereocenters. The van der Waals surface area contributed by atoms with Crippen molar-refractivity contribution in [1.29, 1.82) is 0 Å². The Morgan fingerprint density at radius 1 is 1.18 bits per heavy atom. The van der Waals surface area contributed by atoms with E-state index in [4.69, 9.17) is 23.2 Å². The van der Waals surface area contributed by atoms with E-state index in [2.05, 4.69) is 23.5 Å². The fourth-order valence-electron chi connectivity index (χ4n) is 2.78. The molecule has 1 aromatic rings. The number of sulfonamides is 1. The van der Waals surface area contributed by atoms with E-state index in [-0.39, 0.29) is 16.0 Å². The fourth-order valence-corrected chi connectivity index (χ4v) is 4.22. The minimum absolute atomic E-state index is 0.144. The number of benzene rings is 1. The van der Waals surface area contributed by atoms with Gasteiger partial charge in [-0.05, 0) is 50.0 Å². The van der Waals surface area contributed by atoms with E-state index in [1.54, 1.807) is 0 Å². The van der Waals surface area contributed by atoms with Crippen LogP contribution in [0.3, 0.4) is 0 Å². The van der Waals surface area contributed by atoms with Crippen LogP contribution in [0.25, 0.3) is 0 Å². The minimum Gasteiger partial charge on any atom is -0.299 e. The zero-order valence-electron chi connectivity index (χ0n) is 12.9. The highest BCUT2D eigenvalue weighted by Crippen LogP contribution is 2.25. The molecule has 1 N–H and O–H groups in total. The van der Waals surface area contributed by atoms with Gasteiger partial charge in [0.1, 0.15) is 0 Å². The van der Waals surface area contributed by atoms with Crippen molar-refractivity contribution in [1.82, 2.24) is 9.62 Å². The first-order chi connectivity index (χ1) is 10.3. The van der Waals surface area contributed by atoms with Crippen LogP contribution in [0.5, 0.6) is 0 Å². The Bertz CT molecular complexity index is 614. The highest BCUT2D eigenvalue weighted by atomic mass is 35.5. The van der Waals surface area contributed by atoms with Gasteiger partial charge in [0.25, 0.3) is 0 Å². The van der Waals surface area contributed by atoms with Gasteiger partial charge in [-0.25, -0.2) is 13.1 Å². The first-order valence-electron chi connectivity index (χ1n) is 7.50. The van der Waals surface area contributed by atoms with E-state index in [9.17, 15) is 8.42 Å². The van der Waals surface area contributed by atoms with Crippen LogP contribution >= 0.6 is 23.2 Å².